The van der Waals surface area contributed by atoms with E-state index in [0.717, 1.165) is 11.8 Å². The van der Waals surface area contributed by atoms with Crippen LogP contribution in [0.5, 0.6) is 0 Å². The Morgan fingerprint density at radius 1 is 1.06 bits per heavy atom. The molecule has 96 valence electrons. The maximum Gasteiger partial charge on any atom is -0.0329 e. The van der Waals surface area contributed by atoms with E-state index in [1.54, 1.807) is 0 Å². The van der Waals surface area contributed by atoms with E-state index in [0.29, 0.717) is 5.41 Å². The van der Waals surface area contributed by atoms with Crippen molar-refractivity contribution in [1.82, 2.24) is 0 Å². The van der Waals surface area contributed by atoms with Gasteiger partial charge in [0.05, 0.1) is 0 Å². The van der Waals surface area contributed by atoms with Crippen molar-refractivity contribution in [3.63, 3.8) is 0 Å². The highest BCUT2D eigenvalue weighted by Gasteiger charge is 2.31. The molecule has 16 heavy (non-hydrogen) atoms. The molecule has 0 N–H and O–H groups in total. The zero-order valence-corrected chi connectivity index (χ0v) is 12.0. The zero-order chi connectivity index (χ0) is 12.0. The number of hydrogen-bond acceptors (Lipinski definition) is 0. The molecular formula is C16H32. The minimum atomic E-state index is 0.640. The molecule has 0 heteroatoms. The summed E-state index contributed by atoms with van der Waals surface area (Å²) in [6.45, 7) is 9.57. The predicted octanol–water partition coefficient (Wildman–Crippen LogP) is 5.81. The van der Waals surface area contributed by atoms with Crippen LogP contribution in [0.4, 0.5) is 0 Å². The number of rotatable bonds is 9. The summed E-state index contributed by atoms with van der Waals surface area (Å²) < 4.78 is 0. The van der Waals surface area contributed by atoms with Crippen LogP contribution in [0.15, 0.2) is 0 Å². The van der Waals surface area contributed by atoms with Gasteiger partial charge >= 0.3 is 0 Å². The molecule has 0 amide bonds. The lowest BCUT2D eigenvalue weighted by Crippen LogP contribution is -2.14. The van der Waals surface area contributed by atoms with E-state index in [4.69, 9.17) is 0 Å². The van der Waals surface area contributed by atoms with Gasteiger partial charge in [0, 0.05) is 0 Å². The fourth-order valence-corrected chi connectivity index (χ4v) is 3.02. The lowest BCUT2D eigenvalue weighted by molar-refractivity contribution is 0.248. The van der Waals surface area contributed by atoms with Crippen molar-refractivity contribution < 1.29 is 0 Å². The molecule has 1 rings (SSSR count). The fourth-order valence-electron chi connectivity index (χ4n) is 3.02. The largest absolute Gasteiger partial charge is 0.0654 e. The Balaban J connectivity index is 1.99. The van der Waals surface area contributed by atoms with Crippen molar-refractivity contribution in [3.8, 4) is 0 Å². The van der Waals surface area contributed by atoms with Crippen molar-refractivity contribution in [3.05, 3.63) is 0 Å². The first kappa shape index (κ1) is 14.1. The molecule has 0 bridgehead atoms. The second kappa shape index (κ2) is 6.67. The third-order valence-electron chi connectivity index (χ3n) is 4.84. The summed E-state index contributed by atoms with van der Waals surface area (Å²) in [6.07, 6.45) is 13.0. The monoisotopic (exact) mass is 224 g/mol. The Kier molecular flexibility index (Phi) is 5.86. The van der Waals surface area contributed by atoms with Gasteiger partial charge < -0.3 is 0 Å². The summed E-state index contributed by atoms with van der Waals surface area (Å²) in [5, 5.41) is 0. The van der Waals surface area contributed by atoms with E-state index in [1.807, 2.05) is 0 Å². The maximum atomic E-state index is 2.49. The molecular weight excluding hydrogens is 192 g/mol. The van der Waals surface area contributed by atoms with E-state index >= 15 is 0 Å². The molecule has 0 aromatic carbocycles. The molecule has 1 aliphatic rings. The van der Waals surface area contributed by atoms with Gasteiger partial charge in [-0.3, -0.25) is 0 Å². The third-order valence-corrected chi connectivity index (χ3v) is 4.84. The van der Waals surface area contributed by atoms with Crippen molar-refractivity contribution in [1.29, 1.82) is 0 Å². The van der Waals surface area contributed by atoms with Crippen LogP contribution >= 0.6 is 0 Å². The van der Waals surface area contributed by atoms with Crippen LogP contribution in [0.2, 0.25) is 0 Å². The zero-order valence-electron chi connectivity index (χ0n) is 12.0. The summed E-state index contributed by atoms with van der Waals surface area (Å²) in [7, 11) is 0. The second-order valence-corrected chi connectivity index (χ2v) is 6.49. The SMILES string of the molecule is CCCC(C)(CC)CCCCCC1CC1C. The van der Waals surface area contributed by atoms with E-state index in [9.17, 15) is 0 Å². The van der Waals surface area contributed by atoms with Gasteiger partial charge in [-0.25, -0.2) is 0 Å². The molecule has 0 radical (unpaired) electrons. The first-order chi connectivity index (χ1) is 7.61. The molecule has 0 spiro atoms. The van der Waals surface area contributed by atoms with Crippen molar-refractivity contribution >= 4 is 0 Å². The predicted molar refractivity (Wildman–Crippen MR) is 73.7 cm³/mol. The van der Waals surface area contributed by atoms with Crippen molar-refractivity contribution in [2.75, 3.05) is 0 Å². The Hall–Kier alpha value is 0. The lowest BCUT2D eigenvalue weighted by Gasteiger charge is -2.27. The average Bonchev–Trinajstić information content (AvgIpc) is 2.95. The molecule has 0 aromatic rings. The number of hydrogen-bond donors (Lipinski definition) is 0. The van der Waals surface area contributed by atoms with E-state index < -0.39 is 0 Å². The Bertz CT molecular complexity index is 184. The molecule has 0 nitrogen and oxygen atoms in total. The normalized spacial score (nSPS) is 27.8. The molecule has 0 saturated heterocycles. The standard InChI is InChI=1S/C16H32/c1-5-11-16(4,6-2)12-9-7-8-10-15-13-14(15)3/h14-15H,5-13H2,1-4H3. The summed E-state index contributed by atoms with van der Waals surface area (Å²) in [6, 6.07) is 0. The first-order valence-electron chi connectivity index (χ1n) is 7.61. The highest BCUT2D eigenvalue weighted by atomic mass is 14.4. The van der Waals surface area contributed by atoms with Crippen LogP contribution in [0.1, 0.15) is 85.5 Å². The highest BCUT2D eigenvalue weighted by Crippen LogP contribution is 2.42. The van der Waals surface area contributed by atoms with Gasteiger partial charge in [-0.05, 0) is 36.5 Å². The first-order valence-corrected chi connectivity index (χ1v) is 7.61. The van der Waals surface area contributed by atoms with Gasteiger partial charge in [-0.2, -0.15) is 0 Å². The van der Waals surface area contributed by atoms with Crippen LogP contribution in [0.3, 0.4) is 0 Å². The van der Waals surface area contributed by atoms with Crippen LogP contribution in [-0.2, 0) is 0 Å². The molecule has 1 aliphatic carbocycles. The number of unbranched alkanes of at least 4 members (excludes halogenated alkanes) is 2. The summed E-state index contributed by atoms with van der Waals surface area (Å²) in [5.41, 5.74) is 0.640. The highest BCUT2D eigenvalue weighted by molar-refractivity contribution is 4.82. The summed E-state index contributed by atoms with van der Waals surface area (Å²) in [5.74, 6) is 2.16. The smallest absolute Gasteiger partial charge is 0.0329 e. The van der Waals surface area contributed by atoms with E-state index in [1.165, 1.54) is 57.8 Å². The second-order valence-electron chi connectivity index (χ2n) is 6.49. The van der Waals surface area contributed by atoms with Crippen LogP contribution < -0.4 is 0 Å². The topological polar surface area (TPSA) is 0 Å². The van der Waals surface area contributed by atoms with Gasteiger partial charge in [0.1, 0.15) is 0 Å². The average molecular weight is 224 g/mol. The Morgan fingerprint density at radius 2 is 1.75 bits per heavy atom. The van der Waals surface area contributed by atoms with Gasteiger partial charge in [-0.15, -0.1) is 0 Å². The van der Waals surface area contributed by atoms with Gasteiger partial charge in [0.15, 0.2) is 0 Å². The van der Waals surface area contributed by atoms with Gasteiger partial charge in [0.25, 0.3) is 0 Å². The van der Waals surface area contributed by atoms with Crippen LogP contribution in [0, 0.1) is 17.3 Å². The molecule has 3 atom stereocenters. The Labute approximate surface area is 103 Å². The summed E-state index contributed by atoms with van der Waals surface area (Å²) in [4.78, 5) is 0. The Morgan fingerprint density at radius 3 is 2.25 bits per heavy atom. The third kappa shape index (κ3) is 4.89. The maximum absolute atomic E-state index is 2.49. The minimum Gasteiger partial charge on any atom is -0.0654 e. The molecule has 1 fully saturated rings. The molecule has 0 aromatic heterocycles. The molecule has 0 heterocycles. The minimum absolute atomic E-state index is 0.640. The van der Waals surface area contributed by atoms with E-state index in [2.05, 4.69) is 27.7 Å². The van der Waals surface area contributed by atoms with E-state index in [-0.39, 0.29) is 0 Å². The van der Waals surface area contributed by atoms with Crippen LogP contribution in [-0.4, -0.2) is 0 Å². The van der Waals surface area contributed by atoms with Crippen molar-refractivity contribution in [2.24, 2.45) is 17.3 Å². The molecule has 1 saturated carbocycles. The molecule has 0 aliphatic heterocycles. The molecule has 3 unspecified atom stereocenters. The van der Waals surface area contributed by atoms with Gasteiger partial charge in [-0.1, -0.05) is 66.2 Å². The fraction of sp³-hybridized carbons (Fsp3) is 1.00. The lowest BCUT2D eigenvalue weighted by atomic mass is 9.78. The van der Waals surface area contributed by atoms with Crippen LogP contribution in [0.25, 0.3) is 0 Å². The van der Waals surface area contributed by atoms with Gasteiger partial charge in [0.2, 0.25) is 0 Å². The summed E-state index contributed by atoms with van der Waals surface area (Å²) >= 11 is 0. The quantitative estimate of drug-likeness (QED) is 0.434. The van der Waals surface area contributed by atoms with Crippen molar-refractivity contribution in [2.45, 2.75) is 85.5 Å².